The average molecular weight is 514 g/mol. The number of anilines is 2. The van der Waals surface area contributed by atoms with E-state index < -0.39 is 15.9 Å². The molecule has 0 radical (unpaired) electrons. The zero-order valence-electron chi connectivity index (χ0n) is 21.0. The lowest BCUT2D eigenvalue weighted by atomic mass is 9.97. The molecule has 1 aliphatic rings. The number of ether oxygens (including phenoxy) is 1. The van der Waals surface area contributed by atoms with Crippen molar-refractivity contribution < 1.29 is 17.9 Å². The number of nitrogens with zero attached hydrogens (tertiary/aromatic N) is 5. The average Bonchev–Trinajstić information content (AvgIpc) is 3.35. The van der Waals surface area contributed by atoms with E-state index in [0.717, 1.165) is 6.42 Å². The molecule has 0 unspecified atom stereocenters. The van der Waals surface area contributed by atoms with Crippen LogP contribution in [-0.4, -0.2) is 52.3 Å². The summed E-state index contributed by atoms with van der Waals surface area (Å²) in [6.07, 6.45) is 3.95. The lowest BCUT2D eigenvalue weighted by Crippen LogP contribution is -2.41. The van der Waals surface area contributed by atoms with E-state index >= 15 is 0 Å². The number of nitrogen functional groups attached to an aromatic ring is 1. The van der Waals surface area contributed by atoms with Gasteiger partial charge in [0, 0.05) is 30.5 Å². The van der Waals surface area contributed by atoms with Crippen LogP contribution in [0.4, 0.5) is 11.6 Å². The molecule has 0 aromatic carbocycles. The predicted octanol–water partition coefficient (Wildman–Crippen LogP) is 2.78. The first-order valence-electron chi connectivity index (χ1n) is 11.7. The fraction of sp³-hybridized carbons (Fsp3) is 0.417. The Morgan fingerprint density at radius 2 is 2.00 bits per heavy atom. The number of nitrogens with two attached hydrogens (primary N) is 1. The van der Waals surface area contributed by atoms with Crippen molar-refractivity contribution in [2.24, 2.45) is 5.92 Å². The van der Waals surface area contributed by atoms with Crippen molar-refractivity contribution in [1.29, 1.82) is 0 Å². The van der Waals surface area contributed by atoms with Crippen LogP contribution in [0.3, 0.4) is 0 Å². The standard InChI is InChI=1S/C24H31N7O4S/c1-15(2)35-20-10-12-31(28-20)19-9-8-17(22(27-19)30-14-16(3)13-24(30,4)5)23(32)29-36(33,34)18-7-6-11-26-21(18)25/h6-12,15-16H,13-14H2,1-5H3,(H2,25,26)(H,29,32)/t16-/m0/s1. The molecule has 192 valence electrons. The Morgan fingerprint density at radius 1 is 1.25 bits per heavy atom. The summed E-state index contributed by atoms with van der Waals surface area (Å²) in [6, 6.07) is 7.63. The van der Waals surface area contributed by atoms with Gasteiger partial charge >= 0.3 is 0 Å². The van der Waals surface area contributed by atoms with Gasteiger partial charge in [0.25, 0.3) is 15.9 Å². The summed E-state index contributed by atoms with van der Waals surface area (Å²) in [4.78, 5) is 23.7. The van der Waals surface area contributed by atoms with Crippen LogP contribution in [0.5, 0.6) is 5.88 Å². The van der Waals surface area contributed by atoms with E-state index in [0.29, 0.717) is 30.0 Å². The molecule has 3 aromatic heterocycles. The second-order valence-electron chi connectivity index (χ2n) is 9.86. The molecule has 3 aromatic rings. The van der Waals surface area contributed by atoms with E-state index in [1.165, 1.54) is 18.3 Å². The molecule has 1 saturated heterocycles. The van der Waals surface area contributed by atoms with Gasteiger partial charge in [-0.25, -0.2) is 27.8 Å². The Kier molecular flexibility index (Phi) is 6.65. The van der Waals surface area contributed by atoms with Gasteiger partial charge < -0.3 is 15.4 Å². The van der Waals surface area contributed by atoms with E-state index in [2.05, 4.69) is 35.6 Å². The van der Waals surface area contributed by atoms with Crippen molar-refractivity contribution in [3.05, 3.63) is 48.3 Å². The predicted molar refractivity (Wildman–Crippen MR) is 136 cm³/mol. The number of amides is 1. The SMILES string of the molecule is CC(C)Oc1ccn(-c2ccc(C(=O)NS(=O)(=O)c3cccnc3N)c(N3C[C@@H](C)CC3(C)C)n2)n1. The second kappa shape index (κ2) is 9.41. The maximum atomic E-state index is 13.3. The molecule has 0 spiro atoms. The van der Waals surface area contributed by atoms with Crippen LogP contribution < -0.4 is 20.1 Å². The van der Waals surface area contributed by atoms with Crippen LogP contribution in [0.25, 0.3) is 5.82 Å². The van der Waals surface area contributed by atoms with Crippen molar-refractivity contribution >= 4 is 27.6 Å². The number of hydrogen-bond acceptors (Lipinski definition) is 9. The Labute approximate surface area is 210 Å². The number of rotatable bonds is 7. The zero-order chi connectivity index (χ0) is 26.3. The summed E-state index contributed by atoms with van der Waals surface area (Å²) in [5.74, 6) is 0.637. The van der Waals surface area contributed by atoms with Crippen molar-refractivity contribution in [3.8, 4) is 11.7 Å². The number of sulfonamides is 1. The van der Waals surface area contributed by atoms with Crippen LogP contribution in [-0.2, 0) is 10.0 Å². The third kappa shape index (κ3) is 5.13. The lowest BCUT2D eigenvalue weighted by Gasteiger charge is -2.34. The highest BCUT2D eigenvalue weighted by molar-refractivity contribution is 7.90. The van der Waals surface area contributed by atoms with Crippen LogP contribution in [0.1, 0.15) is 51.4 Å². The highest BCUT2D eigenvalue weighted by Crippen LogP contribution is 2.37. The molecule has 1 fully saturated rings. The molecule has 36 heavy (non-hydrogen) atoms. The first-order valence-corrected chi connectivity index (χ1v) is 13.1. The molecule has 11 nitrogen and oxygen atoms in total. The molecule has 0 aliphatic carbocycles. The van der Waals surface area contributed by atoms with Crippen molar-refractivity contribution in [1.82, 2.24) is 24.5 Å². The highest BCUT2D eigenvalue weighted by Gasteiger charge is 2.39. The van der Waals surface area contributed by atoms with Crippen LogP contribution in [0, 0.1) is 5.92 Å². The molecule has 1 atom stereocenters. The fourth-order valence-electron chi connectivity index (χ4n) is 4.51. The summed E-state index contributed by atoms with van der Waals surface area (Å²) in [6.45, 7) is 10.8. The Morgan fingerprint density at radius 3 is 2.64 bits per heavy atom. The number of nitrogens with one attached hydrogen (secondary N) is 1. The number of carbonyl (C=O) groups excluding carboxylic acids is 1. The van der Waals surface area contributed by atoms with Gasteiger partial charge in [-0.3, -0.25) is 4.79 Å². The quantitative estimate of drug-likeness (QED) is 0.487. The van der Waals surface area contributed by atoms with Gasteiger partial charge in [-0.05, 0) is 64.3 Å². The van der Waals surface area contributed by atoms with Crippen molar-refractivity contribution in [2.75, 3.05) is 17.2 Å². The molecule has 0 bridgehead atoms. The largest absolute Gasteiger partial charge is 0.474 e. The van der Waals surface area contributed by atoms with Gasteiger partial charge in [-0.15, -0.1) is 5.10 Å². The Hall–Kier alpha value is -3.67. The molecular formula is C24H31N7O4S. The minimum Gasteiger partial charge on any atom is -0.474 e. The maximum absolute atomic E-state index is 13.3. The summed E-state index contributed by atoms with van der Waals surface area (Å²) >= 11 is 0. The van der Waals surface area contributed by atoms with Gasteiger partial charge in [0.05, 0.1) is 11.7 Å². The molecular weight excluding hydrogens is 482 g/mol. The van der Waals surface area contributed by atoms with Gasteiger partial charge in [0.2, 0.25) is 5.88 Å². The fourth-order valence-corrected chi connectivity index (χ4v) is 5.56. The third-order valence-corrected chi connectivity index (χ3v) is 7.28. The summed E-state index contributed by atoms with van der Waals surface area (Å²) < 4.78 is 35.2. The highest BCUT2D eigenvalue weighted by atomic mass is 32.2. The van der Waals surface area contributed by atoms with E-state index in [4.69, 9.17) is 15.5 Å². The smallest absolute Gasteiger partial charge is 0.268 e. The third-order valence-electron chi connectivity index (χ3n) is 5.91. The molecule has 4 rings (SSSR count). The second-order valence-corrected chi connectivity index (χ2v) is 11.5. The number of aromatic nitrogens is 4. The van der Waals surface area contributed by atoms with E-state index in [1.807, 2.05) is 18.7 Å². The molecule has 3 N–H and O–H groups in total. The van der Waals surface area contributed by atoms with Crippen molar-refractivity contribution in [3.63, 3.8) is 0 Å². The Balaban J connectivity index is 1.75. The van der Waals surface area contributed by atoms with E-state index in [-0.39, 0.29) is 27.9 Å². The van der Waals surface area contributed by atoms with E-state index in [9.17, 15) is 13.2 Å². The van der Waals surface area contributed by atoms with Gasteiger partial charge in [0.15, 0.2) is 5.82 Å². The molecule has 1 amide bonds. The first-order chi connectivity index (χ1) is 16.9. The topological polar surface area (TPSA) is 145 Å². The summed E-state index contributed by atoms with van der Waals surface area (Å²) in [7, 11) is -4.26. The number of hydrogen-bond donors (Lipinski definition) is 2. The summed E-state index contributed by atoms with van der Waals surface area (Å²) in [5.41, 5.74) is 5.56. The number of carbonyl (C=O) groups is 1. The first kappa shape index (κ1) is 25.4. The van der Waals surface area contributed by atoms with Crippen LogP contribution in [0.2, 0.25) is 0 Å². The van der Waals surface area contributed by atoms with Gasteiger partial charge in [0.1, 0.15) is 16.5 Å². The lowest BCUT2D eigenvalue weighted by molar-refractivity contribution is 0.0981. The summed E-state index contributed by atoms with van der Waals surface area (Å²) in [5, 5.41) is 4.42. The number of pyridine rings is 2. The van der Waals surface area contributed by atoms with Crippen molar-refractivity contribution in [2.45, 2.75) is 57.6 Å². The minimum absolute atomic E-state index is 0.0365. The van der Waals surface area contributed by atoms with E-state index in [1.54, 1.807) is 29.1 Å². The molecule has 0 saturated carbocycles. The normalized spacial score (nSPS) is 17.4. The van der Waals surface area contributed by atoms with Crippen LogP contribution in [0.15, 0.2) is 47.6 Å². The monoisotopic (exact) mass is 513 g/mol. The molecule has 4 heterocycles. The molecule has 12 heteroatoms. The molecule has 1 aliphatic heterocycles. The minimum atomic E-state index is -4.26. The zero-order valence-corrected chi connectivity index (χ0v) is 21.8. The maximum Gasteiger partial charge on any atom is 0.268 e. The van der Waals surface area contributed by atoms with Gasteiger partial charge in [-0.2, -0.15) is 0 Å². The Bertz CT molecular complexity index is 1380. The van der Waals surface area contributed by atoms with Gasteiger partial charge in [-0.1, -0.05) is 6.92 Å². The van der Waals surface area contributed by atoms with Crippen LogP contribution >= 0.6 is 0 Å².